The molecule has 1 saturated heterocycles. The summed E-state index contributed by atoms with van der Waals surface area (Å²) in [4.78, 5) is 28.9. The highest BCUT2D eigenvalue weighted by molar-refractivity contribution is 5.76. The van der Waals surface area contributed by atoms with E-state index in [0.717, 1.165) is 55.4 Å². The van der Waals surface area contributed by atoms with Gasteiger partial charge in [-0.05, 0) is 24.6 Å². The monoisotopic (exact) mass is 381 g/mol. The number of aromatic amines is 1. The van der Waals surface area contributed by atoms with E-state index >= 15 is 0 Å². The summed E-state index contributed by atoms with van der Waals surface area (Å²) in [6.45, 7) is 6.67. The topological polar surface area (TPSA) is 82.1 Å². The molecule has 1 aliphatic rings. The van der Waals surface area contributed by atoms with E-state index in [1.807, 2.05) is 35.0 Å². The number of H-pyrrole nitrogens is 1. The van der Waals surface area contributed by atoms with Crippen molar-refractivity contribution in [3.05, 3.63) is 47.8 Å². The van der Waals surface area contributed by atoms with Crippen LogP contribution in [0.3, 0.4) is 0 Å². The average Bonchev–Trinajstić information content (AvgIpc) is 3.27. The standard InChI is InChI=1S/C20H27N7O/c1-15-3-4-16-17(13-15)24-18(23-16)5-6-22-20(28)27-11-9-26(10-12-27)14-19-21-7-8-25(19)2/h3-4,7-8,13H,5-6,9-12,14H2,1-2H3,(H,22,28)(H,23,24). The summed E-state index contributed by atoms with van der Waals surface area (Å²) >= 11 is 0. The molecule has 0 radical (unpaired) electrons. The van der Waals surface area contributed by atoms with Crippen LogP contribution in [0.15, 0.2) is 30.6 Å². The number of rotatable bonds is 5. The molecule has 1 aromatic carbocycles. The number of fused-ring (bicyclic) bond motifs is 1. The van der Waals surface area contributed by atoms with Gasteiger partial charge in [0.05, 0.1) is 17.6 Å². The largest absolute Gasteiger partial charge is 0.342 e. The van der Waals surface area contributed by atoms with Crippen molar-refractivity contribution in [2.75, 3.05) is 32.7 Å². The van der Waals surface area contributed by atoms with Crippen molar-refractivity contribution >= 4 is 17.1 Å². The molecule has 0 unspecified atom stereocenters. The number of hydrogen-bond donors (Lipinski definition) is 2. The van der Waals surface area contributed by atoms with Gasteiger partial charge in [-0.15, -0.1) is 0 Å². The molecule has 8 nitrogen and oxygen atoms in total. The fourth-order valence-electron chi connectivity index (χ4n) is 3.55. The molecular formula is C20H27N7O. The van der Waals surface area contributed by atoms with Crippen molar-refractivity contribution in [3.63, 3.8) is 0 Å². The molecule has 0 spiro atoms. The molecular weight excluding hydrogens is 354 g/mol. The quantitative estimate of drug-likeness (QED) is 0.704. The molecule has 2 N–H and O–H groups in total. The van der Waals surface area contributed by atoms with Gasteiger partial charge in [0.15, 0.2) is 0 Å². The maximum Gasteiger partial charge on any atom is 0.317 e. The summed E-state index contributed by atoms with van der Waals surface area (Å²) in [5.41, 5.74) is 3.22. The van der Waals surface area contributed by atoms with Crippen molar-refractivity contribution in [2.45, 2.75) is 19.9 Å². The first-order chi connectivity index (χ1) is 13.6. The highest BCUT2D eigenvalue weighted by atomic mass is 16.2. The van der Waals surface area contributed by atoms with Crippen molar-refractivity contribution in [1.29, 1.82) is 0 Å². The van der Waals surface area contributed by atoms with Crippen LogP contribution in [0, 0.1) is 6.92 Å². The number of amides is 2. The van der Waals surface area contributed by atoms with Crippen LogP contribution in [0.1, 0.15) is 17.2 Å². The molecule has 4 rings (SSSR count). The van der Waals surface area contributed by atoms with Gasteiger partial charge in [-0.3, -0.25) is 4.90 Å². The van der Waals surface area contributed by atoms with Crippen LogP contribution >= 0.6 is 0 Å². The van der Waals surface area contributed by atoms with Gasteiger partial charge in [0.25, 0.3) is 0 Å². The number of carbonyl (C=O) groups excluding carboxylic acids is 1. The maximum absolute atomic E-state index is 12.4. The van der Waals surface area contributed by atoms with E-state index in [4.69, 9.17) is 0 Å². The number of benzene rings is 1. The van der Waals surface area contributed by atoms with Crippen LogP contribution in [0.4, 0.5) is 4.79 Å². The lowest BCUT2D eigenvalue weighted by atomic mass is 10.2. The SMILES string of the molecule is Cc1ccc2nc(CCNC(=O)N3CCN(Cc4nccn4C)CC3)[nH]c2c1. The van der Waals surface area contributed by atoms with Crippen LogP contribution < -0.4 is 5.32 Å². The minimum absolute atomic E-state index is 0.00333. The minimum Gasteiger partial charge on any atom is -0.342 e. The normalized spacial score (nSPS) is 15.3. The van der Waals surface area contributed by atoms with E-state index < -0.39 is 0 Å². The van der Waals surface area contributed by atoms with Crippen LogP contribution in [-0.2, 0) is 20.0 Å². The Balaban J connectivity index is 1.21. The minimum atomic E-state index is 0.00333. The molecule has 0 bridgehead atoms. The molecule has 148 valence electrons. The molecule has 0 atom stereocenters. The van der Waals surface area contributed by atoms with Crippen molar-refractivity contribution < 1.29 is 4.79 Å². The number of nitrogens with zero attached hydrogens (tertiary/aromatic N) is 5. The fourth-order valence-corrected chi connectivity index (χ4v) is 3.55. The second kappa shape index (κ2) is 8.02. The predicted octanol–water partition coefficient (Wildman–Crippen LogP) is 1.67. The van der Waals surface area contributed by atoms with E-state index in [2.05, 4.69) is 44.2 Å². The number of urea groups is 1. The molecule has 0 aliphatic carbocycles. The van der Waals surface area contributed by atoms with Gasteiger partial charge < -0.3 is 19.8 Å². The number of imidazole rings is 2. The summed E-state index contributed by atoms with van der Waals surface area (Å²) in [6, 6.07) is 6.17. The average molecular weight is 381 g/mol. The Morgan fingerprint density at radius 3 is 2.82 bits per heavy atom. The van der Waals surface area contributed by atoms with E-state index in [-0.39, 0.29) is 6.03 Å². The van der Waals surface area contributed by atoms with Crippen molar-refractivity contribution in [2.24, 2.45) is 7.05 Å². The van der Waals surface area contributed by atoms with Gasteiger partial charge >= 0.3 is 6.03 Å². The third kappa shape index (κ3) is 4.17. The summed E-state index contributed by atoms with van der Waals surface area (Å²) in [7, 11) is 2.01. The van der Waals surface area contributed by atoms with Gasteiger partial charge in [0.1, 0.15) is 11.6 Å². The maximum atomic E-state index is 12.4. The van der Waals surface area contributed by atoms with Gasteiger partial charge in [-0.25, -0.2) is 14.8 Å². The number of nitrogens with one attached hydrogen (secondary N) is 2. The molecule has 3 heterocycles. The number of carbonyl (C=O) groups is 1. The van der Waals surface area contributed by atoms with Crippen LogP contribution in [0.2, 0.25) is 0 Å². The van der Waals surface area contributed by atoms with Crippen molar-refractivity contribution in [3.8, 4) is 0 Å². The summed E-state index contributed by atoms with van der Waals surface area (Å²) in [5.74, 6) is 1.96. The van der Waals surface area contributed by atoms with Crippen LogP contribution in [-0.4, -0.2) is 68.1 Å². The highest BCUT2D eigenvalue weighted by Crippen LogP contribution is 2.13. The molecule has 28 heavy (non-hydrogen) atoms. The third-order valence-electron chi connectivity index (χ3n) is 5.27. The Bertz CT molecular complexity index is 953. The second-order valence-electron chi connectivity index (χ2n) is 7.40. The molecule has 1 fully saturated rings. The van der Waals surface area contributed by atoms with E-state index in [1.165, 1.54) is 5.56 Å². The summed E-state index contributed by atoms with van der Waals surface area (Å²) in [6.07, 6.45) is 4.48. The lowest BCUT2D eigenvalue weighted by molar-refractivity contribution is 0.133. The number of piperazine rings is 1. The zero-order valence-electron chi connectivity index (χ0n) is 16.5. The Kier molecular flexibility index (Phi) is 5.29. The first-order valence-electron chi connectivity index (χ1n) is 9.75. The zero-order chi connectivity index (χ0) is 19.5. The van der Waals surface area contributed by atoms with Crippen LogP contribution in [0.5, 0.6) is 0 Å². The Morgan fingerprint density at radius 1 is 1.25 bits per heavy atom. The predicted molar refractivity (Wildman–Crippen MR) is 108 cm³/mol. The Labute approximate surface area is 164 Å². The van der Waals surface area contributed by atoms with Gasteiger partial charge in [-0.1, -0.05) is 6.07 Å². The lowest BCUT2D eigenvalue weighted by Crippen LogP contribution is -2.51. The van der Waals surface area contributed by atoms with Gasteiger partial charge in [0, 0.05) is 58.6 Å². The van der Waals surface area contributed by atoms with Gasteiger partial charge in [-0.2, -0.15) is 0 Å². The summed E-state index contributed by atoms with van der Waals surface area (Å²) in [5, 5.41) is 3.02. The Morgan fingerprint density at radius 2 is 2.07 bits per heavy atom. The molecule has 2 aromatic heterocycles. The Hall–Kier alpha value is -2.87. The molecule has 1 aliphatic heterocycles. The van der Waals surface area contributed by atoms with Gasteiger partial charge in [0.2, 0.25) is 0 Å². The van der Waals surface area contributed by atoms with E-state index in [9.17, 15) is 4.79 Å². The summed E-state index contributed by atoms with van der Waals surface area (Å²) < 4.78 is 2.04. The highest BCUT2D eigenvalue weighted by Gasteiger charge is 2.21. The molecule has 0 saturated carbocycles. The lowest BCUT2D eigenvalue weighted by Gasteiger charge is -2.34. The third-order valence-corrected chi connectivity index (χ3v) is 5.27. The second-order valence-corrected chi connectivity index (χ2v) is 7.40. The van der Waals surface area contributed by atoms with Crippen molar-refractivity contribution in [1.82, 2.24) is 34.6 Å². The first kappa shape index (κ1) is 18.5. The number of hydrogen-bond acceptors (Lipinski definition) is 4. The molecule has 2 amide bonds. The van der Waals surface area contributed by atoms with E-state index in [1.54, 1.807) is 0 Å². The zero-order valence-corrected chi connectivity index (χ0v) is 16.5. The fraction of sp³-hybridized carbons (Fsp3) is 0.450. The number of aryl methyl sites for hydroxylation is 2. The smallest absolute Gasteiger partial charge is 0.317 e. The van der Waals surface area contributed by atoms with E-state index in [0.29, 0.717) is 13.0 Å². The van der Waals surface area contributed by atoms with Crippen LogP contribution in [0.25, 0.3) is 11.0 Å². The first-order valence-corrected chi connectivity index (χ1v) is 9.75. The number of aromatic nitrogens is 4. The molecule has 8 heteroatoms. The molecule has 3 aromatic rings.